The van der Waals surface area contributed by atoms with Crippen molar-refractivity contribution in [2.24, 2.45) is 104 Å². The Labute approximate surface area is 666 Å². The van der Waals surface area contributed by atoms with Crippen LogP contribution in [-0.4, -0.2) is 114 Å². The monoisotopic (exact) mass is 1550 g/mol. The molecule has 0 spiro atoms. The second-order valence-electron chi connectivity index (χ2n) is 44.1. The zero-order valence-corrected chi connectivity index (χ0v) is 73.5. The number of ether oxygens (including phenoxy) is 6. The fourth-order valence-electron chi connectivity index (χ4n) is 23.8. The molecule has 6 atom stereocenters. The van der Waals surface area contributed by atoms with Crippen molar-refractivity contribution in [3.8, 4) is 0 Å². The lowest BCUT2D eigenvalue weighted by molar-refractivity contribution is -0.264. The van der Waals surface area contributed by atoms with Gasteiger partial charge in [-0.15, -0.1) is 0 Å². The van der Waals surface area contributed by atoms with Crippen molar-refractivity contribution in [1.29, 1.82) is 0 Å². The molecule has 16 bridgehead atoms. The predicted molar refractivity (Wildman–Crippen MR) is 432 cm³/mol. The van der Waals surface area contributed by atoms with E-state index in [1.54, 1.807) is 0 Å². The van der Waals surface area contributed by atoms with E-state index in [0.29, 0.717) is 85.6 Å². The third-order valence-electron chi connectivity index (χ3n) is 32.1. The molecule has 0 radical (unpaired) electrons. The van der Waals surface area contributed by atoms with Gasteiger partial charge in [-0.05, 0) is 341 Å². The fourth-order valence-corrected chi connectivity index (χ4v) is 23.8. The van der Waals surface area contributed by atoms with Gasteiger partial charge < -0.3 is 48.8 Å². The lowest BCUT2D eigenvalue weighted by Crippen LogP contribution is -2.67. The highest BCUT2D eigenvalue weighted by Crippen LogP contribution is 2.65. The van der Waals surface area contributed by atoms with Crippen LogP contribution < -0.4 is 0 Å². The molecule has 18 fully saturated rings. The largest absolute Gasteiger partial charge is 0.465 e. The first-order valence-electron chi connectivity index (χ1n) is 45.2. The summed E-state index contributed by atoms with van der Waals surface area (Å²) in [7, 11) is 0. The number of carbonyl (C=O) groups excluding carboxylic acids is 6. The molecule has 0 heterocycles. The van der Waals surface area contributed by atoms with Crippen molar-refractivity contribution in [1.82, 2.24) is 0 Å². The van der Waals surface area contributed by atoms with Gasteiger partial charge in [-0.2, -0.15) is 0 Å². The van der Waals surface area contributed by atoms with E-state index < -0.39 is 44.3 Å². The standard InChI is InChI=1S/C19H32O3.C16H26O4.C16H26O3.C16H26O2.C14H26O2.C13H24O2/c1-6-17(4,5)16(20)22-19(12(2)3)14-7-13-8-15(19)11-18(21,9-13)10-14;1-4-13(2,3)12(17)20-16-7-11-5-14(18,9-16)8-15(19,6-11)10-16;1-4-14(2,3)13(17)19-16-8-11-5-12(9-16)7-15(18,6-11)10-16;1-4-16(2,3)15(17)18-14-12-6-10-5-11(8-12)9-13(14)7-10;1-5-13(3,4)12(15)16-14(6-2)10-8-7-9-11-14;1-4-13(2,3)12(14)15-10-11-8-6-5-7-9-11/h12-15,21H,6-11H2,1-5H3;11,18-19H,4-10H2,1-3H3;11-12,18H,4-10H2,1-3H3;10-14H,4-9H2,1-3H3;5-11H2,1-4H3;11H,4-10H2,1-3H3. The summed E-state index contributed by atoms with van der Waals surface area (Å²) in [6.45, 7) is 42.8. The lowest BCUT2D eigenvalue weighted by Gasteiger charge is -2.64. The highest BCUT2D eigenvalue weighted by molar-refractivity contribution is 5.79. The SMILES string of the molecule is CCC(C)(C)C(=O)OC1(C(C)C)C2CC3CC1CC(O)(C3)C2.CCC(C)(C)C(=O)OC12CC3CC(CC(O)(C3)C1)C2.CCC(C)(C)C(=O)OC12CC3CC(O)(CC(O)(C3)C1)C2.CCC(C)(C)C(=O)OC1C2CC3CC(C2)CC1C3.CCC(C)(C)C(=O)OCC1CCCCC1.CCC1(OC(=O)C(C)(C)CC)CCCCC1. The Morgan fingerprint density at radius 1 is 0.364 bits per heavy atom. The zero-order chi connectivity index (χ0) is 81.5. The van der Waals surface area contributed by atoms with E-state index in [0.717, 1.165) is 147 Å². The van der Waals surface area contributed by atoms with Crippen LogP contribution in [0.4, 0.5) is 0 Å². The van der Waals surface area contributed by atoms with Crippen LogP contribution in [-0.2, 0) is 57.2 Å². The summed E-state index contributed by atoms with van der Waals surface area (Å²) in [5.41, 5.74) is -6.53. The van der Waals surface area contributed by atoms with Crippen LogP contribution in [0.2, 0.25) is 0 Å². The number of rotatable bonds is 21. The van der Waals surface area contributed by atoms with Gasteiger partial charge >= 0.3 is 35.8 Å². The Kier molecular flexibility index (Phi) is 28.3. The van der Waals surface area contributed by atoms with Gasteiger partial charge in [0.15, 0.2) is 0 Å². The summed E-state index contributed by atoms with van der Waals surface area (Å²) < 4.78 is 35.4. The zero-order valence-electron chi connectivity index (χ0n) is 73.5. The molecule has 4 N–H and O–H groups in total. The van der Waals surface area contributed by atoms with Crippen molar-refractivity contribution >= 4 is 35.8 Å². The number of aliphatic hydroxyl groups is 4. The second-order valence-corrected chi connectivity index (χ2v) is 44.1. The van der Waals surface area contributed by atoms with Crippen LogP contribution in [0.1, 0.15) is 396 Å². The molecule has 632 valence electrons. The molecule has 18 aliphatic rings. The van der Waals surface area contributed by atoms with E-state index in [4.69, 9.17) is 28.4 Å². The first-order chi connectivity index (χ1) is 51.0. The van der Waals surface area contributed by atoms with Gasteiger partial charge in [-0.3, -0.25) is 28.8 Å². The highest BCUT2D eigenvalue weighted by atomic mass is 16.6. The van der Waals surface area contributed by atoms with Crippen molar-refractivity contribution in [3.05, 3.63) is 0 Å². The molecular formula is C94H160O16. The molecule has 0 saturated heterocycles. The molecular weight excluding hydrogens is 1390 g/mol. The normalized spacial score (nSPS) is 37.3. The first kappa shape index (κ1) is 90.6. The summed E-state index contributed by atoms with van der Waals surface area (Å²) in [5, 5.41) is 42.8. The van der Waals surface area contributed by atoms with Gasteiger partial charge in [0.1, 0.15) is 28.5 Å². The Morgan fingerprint density at radius 2 is 0.736 bits per heavy atom. The van der Waals surface area contributed by atoms with E-state index in [1.807, 2.05) is 118 Å². The molecule has 0 aromatic heterocycles. The minimum Gasteiger partial charge on any atom is -0.465 e. The number of hydrogen-bond acceptors (Lipinski definition) is 16. The highest BCUT2D eigenvalue weighted by Gasteiger charge is 2.67. The quantitative estimate of drug-likeness (QED) is 0.0617. The molecule has 16 nitrogen and oxygen atoms in total. The minimum atomic E-state index is -0.842. The Bertz CT molecular complexity index is 3060. The molecule has 0 aromatic carbocycles. The van der Waals surface area contributed by atoms with Crippen LogP contribution in [0.3, 0.4) is 0 Å². The Morgan fingerprint density at radius 3 is 1.15 bits per heavy atom. The van der Waals surface area contributed by atoms with E-state index >= 15 is 0 Å². The van der Waals surface area contributed by atoms with Gasteiger partial charge in [-0.1, -0.05) is 88.0 Å². The minimum absolute atomic E-state index is 0.0150. The van der Waals surface area contributed by atoms with E-state index in [2.05, 4.69) is 27.7 Å². The number of esters is 6. The molecule has 6 unspecified atom stereocenters. The van der Waals surface area contributed by atoms with Gasteiger partial charge in [0.25, 0.3) is 0 Å². The smallest absolute Gasteiger partial charge is 0.312 e. The summed E-state index contributed by atoms with van der Waals surface area (Å²) in [4.78, 5) is 73.7. The molecule has 18 aliphatic carbocycles. The van der Waals surface area contributed by atoms with E-state index in [9.17, 15) is 49.2 Å². The summed E-state index contributed by atoms with van der Waals surface area (Å²) >= 11 is 0. The predicted octanol–water partition coefficient (Wildman–Crippen LogP) is 20.6. The van der Waals surface area contributed by atoms with Crippen molar-refractivity contribution < 1.29 is 77.6 Å². The van der Waals surface area contributed by atoms with E-state index in [1.165, 1.54) is 89.9 Å². The van der Waals surface area contributed by atoms with Crippen LogP contribution >= 0.6 is 0 Å². The second kappa shape index (κ2) is 34.3. The van der Waals surface area contributed by atoms with Gasteiger partial charge in [0.2, 0.25) is 0 Å². The maximum absolute atomic E-state index is 12.8. The van der Waals surface area contributed by atoms with Crippen molar-refractivity contribution in [2.75, 3.05) is 6.61 Å². The molecule has 18 rings (SSSR count). The maximum atomic E-state index is 12.8. The van der Waals surface area contributed by atoms with Gasteiger partial charge in [0, 0.05) is 37.5 Å². The van der Waals surface area contributed by atoms with Crippen LogP contribution in [0.5, 0.6) is 0 Å². The summed E-state index contributed by atoms with van der Waals surface area (Å²) in [6.07, 6.45) is 39.2. The topological polar surface area (TPSA) is 239 Å². The lowest BCUT2D eigenvalue weighted by atomic mass is 9.46. The Balaban J connectivity index is 0.000000153. The number of hydrogen-bond donors (Lipinski definition) is 4. The Hall–Kier alpha value is -3.34. The summed E-state index contributed by atoms with van der Waals surface area (Å²) in [5.74, 6) is 6.52. The third kappa shape index (κ3) is 20.8. The molecule has 18 saturated carbocycles. The molecule has 16 heteroatoms. The van der Waals surface area contributed by atoms with Gasteiger partial charge in [-0.25, -0.2) is 0 Å². The van der Waals surface area contributed by atoms with E-state index in [-0.39, 0.29) is 80.9 Å². The van der Waals surface area contributed by atoms with Crippen LogP contribution in [0.25, 0.3) is 0 Å². The van der Waals surface area contributed by atoms with Crippen molar-refractivity contribution in [3.63, 3.8) is 0 Å². The van der Waals surface area contributed by atoms with Crippen LogP contribution in [0.15, 0.2) is 0 Å². The molecule has 0 amide bonds. The average molecular weight is 1550 g/mol. The van der Waals surface area contributed by atoms with Crippen molar-refractivity contribution in [2.45, 2.75) is 447 Å². The maximum Gasteiger partial charge on any atom is 0.312 e. The van der Waals surface area contributed by atoms with Gasteiger partial charge in [0.05, 0.1) is 61.5 Å². The molecule has 110 heavy (non-hydrogen) atoms. The molecule has 0 aromatic rings. The van der Waals surface area contributed by atoms with Crippen LogP contribution in [0, 0.1) is 104 Å². The fraction of sp³-hybridized carbons (Fsp3) is 0.936. The molecule has 0 aliphatic heterocycles. The first-order valence-corrected chi connectivity index (χ1v) is 45.2. The number of carbonyl (C=O) groups is 6. The summed E-state index contributed by atoms with van der Waals surface area (Å²) in [6, 6.07) is 0. The average Bonchev–Trinajstić information content (AvgIpc) is 0.712. The third-order valence-corrected chi connectivity index (χ3v) is 32.1.